The van der Waals surface area contributed by atoms with Crippen LogP contribution in [0.2, 0.25) is 5.02 Å². The summed E-state index contributed by atoms with van der Waals surface area (Å²) in [5.41, 5.74) is 0.774. The minimum absolute atomic E-state index is 0.120. The van der Waals surface area contributed by atoms with Gasteiger partial charge in [0.2, 0.25) is 0 Å². The fraction of sp³-hybridized carbons (Fsp3) is 0.400. The summed E-state index contributed by atoms with van der Waals surface area (Å²) in [5.74, 6) is -0.428. The van der Waals surface area contributed by atoms with E-state index in [0.29, 0.717) is 12.8 Å². The van der Waals surface area contributed by atoms with E-state index in [4.69, 9.17) is 11.6 Å². The molecule has 72 valence electrons. The highest BCUT2D eigenvalue weighted by Gasteiger charge is 2.05. The van der Waals surface area contributed by atoms with Gasteiger partial charge in [0, 0.05) is 0 Å². The van der Waals surface area contributed by atoms with Crippen molar-refractivity contribution >= 4 is 11.6 Å². The van der Waals surface area contributed by atoms with E-state index in [2.05, 4.69) is 0 Å². The van der Waals surface area contributed by atoms with Gasteiger partial charge in [0.25, 0.3) is 0 Å². The first-order valence-electron chi connectivity index (χ1n) is 4.25. The standard InChI is InChI=1S/C10H12ClFO/c1-2-8(13)5-7-3-4-9(11)10(12)6-7/h3-4,6,8,13H,2,5H2,1H3. The second-order valence-electron chi connectivity index (χ2n) is 3.01. The molecule has 0 fully saturated rings. The van der Waals surface area contributed by atoms with Crippen LogP contribution in [-0.4, -0.2) is 11.2 Å². The van der Waals surface area contributed by atoms with E-state index in [9.17, 15) is 9.50 Å². The van der Waals surface area contributed by atoms with Crippen LogP contribution in [0.1, 0.15) is 18.9 Å². The second-order valence-corrected chi connectivity index (χ2v) is 3.42. The summed E-state index contributed by atoms with van der Waals surface area (Å²) >= 11 is 5.51. The number of aliphatic hydroxyl groups excluding tert-OH is 1. The molecule has 1 rings (SSSR count). The Balaban J connectivity index is 2.73. The first-order chi connectivity index (χ1) is 6.13. The SMILES string of the molecule is CCC(O)Cc1ccc(Cl)c(F)c1. The van der Waals surface area contributed by atoms with Crippen LogP contribution in [0, 0.1) is 5.82 Å². The minimum Gasteiger partial charge on any atom is -0.393 e. The van der Waals surface area contributed by atoms with Crippen molar-refractivity contribution in [2.24, 2.45) is 0 Å². The number of halogens is 2. The van der Waals surface area contributed by atoms with E-state index in [-0.39, 0.29) is 5.02 Å². The summed E-state index contributed by atoms with van der Waals surface area (Å²) in [5, 5.41) is 9.44. The first-order valence-corrected chi connectivity index (χ1v) is 4.63. The summed E-state index contributed by atoms with van der Waals surface area (Å²) < 4.78 is 12.9. The zero-order valence-corrected chi connectivity index (χ0v) is 8.18. The summed E-state index contributed by atoms with van der Waals surface area (Å²) in [7, 11) is 0. The van der Waals surface area contributed by atoms with Crippen molar-refractivity contribution < 1.29 is 9.50 Å². The molecule has 13 heavy (non-hydrogen) atoms. The molecule has 1 unspecified atom stereocenters. The number of hydrogen-bond acceptors (Lipinski definition) is 1. The second kappa shape index (κ2) is 4.58. The largest absolute Gasteiger partial charge is 0.393 e. The van der Waals surface area contributed by atoms with Crippen LogP contribution < -0.4 is 0 Å². The van der Waals surface area contributed by atoms with E-state index in [1.807, 2.05) is 6.92 Å². The molecular formula is C10H12ClFO. The number of rotatable bonds is 3. The van der Waals surface area contributed by atoms with Crippen molar-refractivity contribution in [2.45, 2.75) is 25.9 Å². The van der Waals surface area contributed by atoms with Crippen LogP contribution in [-0.2, 0) is 6.42 Å². The predicted octanol–water partition coefficient (Wildman–Crippen LogP) is 2.79. The zero-order chi connectivity index (χ0) is 9.84. The lowest BCUT2D eigenvalue weighted by atomic mass is 10.1. The van der Waals surface area contributed by atoms with Gasteiger partial charge in [-0.2, -0.15) is 0 Å². The van der Waals surface area contributed by atoms with Gasteiger partial charge in [-0.1, -0.05) is 24.6 Å². The summed E-state index contributed by atoms with van der Waals surface area (Å²) in [4.78, 5) is 0. The molecule has 0 aliphatic rings. The predicted molar refractivity (Wildman–Crippen MR) is 51.4 cm³/mol. The van der Waals surface area contributed by atoms with E-state index < -0.39 is 11.9 Å². The number of hydrogen-bond donors (Lipinski definition) is 1. The normalized spacial score (nSPS) is 12.9. The molecule has 0 spiro atoms. The average Bonchev–Trinajstić information content (AvgIpc) is 2.11. The van der Waals surface area contributed by atoms with Gasteiger partial charge in [-0.3, -0.25) is 0 Å². The maximum atomic E-state index is 12.9. The lowest BCUT2D eigenvalue weighted by Gasteiger charge is -2.07. The molecule has 1 nitrogen and oxygen atoms in total. The molecule has 1 aromatic carbocycles. The van der Waals surface area contributed by atoms with Gasteiger partial charge in [-0.25, -0.2) is 4.39 Å². The molecule has 1 atom stereocenters. The van der Waals surface area contributed by atoms with Crippen LogP contribution in [0.5, 0.6) is 0 Å². The molecule has 0 saturated heterocycles. The van der Waals surface area contributed by atoms with Crippen molar-refractivity contribution in [3.8, 4) is 0 Å². The molecule has 1 N–H and O–H groups in total. The van der Waals surface area contributed by atoms with E-state index in [1.54, 1.807) is 6.07 Å². The van der Waals surface area contributed by atoms with Gasteiger partial charge >= 0.3 is 0 Å². The summed E-state index contributed by atoms with van der Waals surface area (Å²) in [6.07, 6.45) is 0.745. The smallest absolute Gasteiger partial charge is 0.142 e. The third-order valence-corrected chi connectivity index (χ3v) is 2.23. The molecule has 0 aliphatic heterocycles. The quantitative estimate of drug-likeness (QED) is 0.799. The van der Waals surface area contributed by atoms with Gasteiger partial charge in [0.15, 0.2) is 0 Å². The van der Waals surface area contributed by atoms with Gasteiger partial charge in [0.05, 0.1) is 11.1 Å². The van der Waals surface area contributed by atoms with Gasteiger partial charge in [-0.05, 0) is 30.5 Å². The van der Waals surface area contributed by atoms with Gasteiger partial charge < -0.3 is 5.11 Å². The fourth-order valence-corrected chi connectivity index (χ4v) is 1.20. The molecule has 0 saturated carbocycles. The molecule has 0 heterocycles. The van der Waals surface area contributed by atoms with Crippen LogP contribution in [0.4, 0.5) is 4.39 Å². The number of benzene rings is 1. The molecule has 1 aromatic rings. The highest BCUT2D eigenvalue weighted by Crippen LogP contribution is 2.16. The van der Waals surface area contributed by atoms with Crippen LogP contribution in [0.15, 0.2) is 18.2 Å². The maximum Gasteiger partial charge on any atom is 0.142 e. The Labute approximate surface area is 82.2 Å². The Morgan fingerprint density at radius 3 is 2.77 bits per heavy atom. The van der Waals surface area contributed by atoms with Crippen molar-refractivity contribution in [1.29, 1.82) is 0 Å². The maximum absolute atomic E-state index is 12.9. The first kappa shape index (κ1) is 10.5. The van der Waals surface area contributed by atoms with Crippen molar-refractivity contribution in [3.05, 3.63) is 34.6 Å². The molecular weight excluding hydrogens is 191 g/mol. The average molecular weight is 203 g/mol. The lowest BCUT2D eigenvalue weighted by molar-refractivity contribution is 0.170. The van der Waals surface area contributed by atoms with Gasteiger partial charge in [0.1, 0.15) is 5.82 Å². The Hall–Kier alpha value is -0.600. The number of aliphatic hydroxyl groups is 1. The minimum atomic E-state index is -0.428. The molecule has 0 amide bonds. The Bertz CT molecular complexity index is 288. The Morgan fingerprint density at radius 1 is 1.54 bits per heavy atom. The molecule has 0 bridgehead atoms. The van der Waals surface area contributed by atoms with E-state index in [1.165, 1.54) is 12.1 Å². The van der Waals surface area contributed by atoms with Gasteiger partial charge in [-0.15, -0.1) is 0 Å². The third kappa shape index (κ3) is 2.98. The Kier molecular flexibility index (Phi) is 3.70. The van der Waals surface area contributed by atoms with E-state index >= 15 is 0 Å². The van der Waals surface area contributed by atoms with Crippen molar-refractivity contribution in [2.75, 3.05) is 0 Å². The monoisotopic (exact) mass is 202 g/mol. The molecule has 0 aliphatic carbocycles. The van der Waals surface area contributed by atoms with Crippen LogP contribution in [0.25, 0.3) is 0 Å². The third-order valence-electron chi connectivity index (χ3n) is 1.93. The topological polar surface area (TPSA) is 20.2 Å². The highest BCUT2D eigenvalue weighted by molar-refractivity contribution is 6.30. The summed E-state index contributed by atoms with van der Waals surface area (Å²) in [6, 6.07) is 4.60. The summed E-state index contributed by atoms with van der Waals surface area (Å²) in [6.45, 7) is 1.89. The molecule has 3 heteroatoms. The van der Waals surface area contributed by atoms with E-state index in [0.717, 1.165) is 5.56 Å². The highest BCUT2D eigenvalue weighted by atomic mass is 35.5. The molecule has 0 radical (unpaired) electrons. The van der Waals surface area contributed by atoms with Crippen molar-refractivity contribution in [1.82, 2.24) is 0 Å². The zero-order valence-electron chi connectivity index (χ0n) is 7.43. The van der Waals surface area contributed by atoms with Crippen LogP contribution in [0.3, 0.4) is 0 Å². The Morgan fingerprint density at radius 2 is 2.23 bits per heavy atom. The van der Waals surface area contributed by atoms with Crippen molar-refractivity contribution in [3.63, 3.8) is 0 Å². The molecule has 0 aromatic heterocycles. The van der Waals surface area contributed by atoms with Crippen LogP contribution >= 0.6 is 11.6 Å². The fourth-order valence-electron chi connectivity index (χ4n) is 1.08. The lowest BCUT2D eigenvalue weighted by Crippen LogP contribution is -2.08.